The van der Waals surface area contributed by atoms with Gasteiger partial charge in [-0.05, 0) is 50.2 Å². The highest BCUT2D eigenvalue weighted by Crippen LogP contribution is 2.48. The van der Waals surface area contributed by atoms with Gasteiger partial charge in [-0.15, -0.1) is 0 Å². The van der Waals surface area contributed by atoms with E-state index in [0.29, 0.717) is 12.0 Å². The maximum atomic E-state index is 6.30. The highest BCUT2D eigenvalue weighted by Gasteiger charge is 2.32. The van der Waals surface area contributed by atoms with Crippen molar-refractivity contribution in [2.45, 2.75) is 51.1 Å². The average molecular weight is 276 g/mol. The Bertz CT molecular complexity index is 638. The van der Waals surface area contributed by atoms with Crippen LogP contribution in [0.15, 0.2) is 16.5 Å². The molecule has 0 unspecified atom stereocenters. The molecule has 0 amide bonds. The number of aryl methyl sites for hydroxylation is 1. The molecule has 2 saturated carbocycles. The van der Waals surface area contributed by atoms with Gasteiger partial charge in [-0.25, -0.2) is 0 Å². The van der Waals surface area contributed by atoms with E-state index in [2.05, 4.69) is 18.3 Å². The number of benzene rings is 1. The van der Waals surface area contributed by atoms with E-state index in [1.54, 1.807) is 0 Å². The van der Waals surface area contributed by atoms with Gasteiger partial charge in [-0.1, -0.05) is 17.7 Å². The van der Waals surface area contributed by atoms with Gasteiger partial charge in [0, 0.05) is 17.0 Å². The molecule has 2 fully saturated rings. The first-order valence-electron chi connectivity index (χ1n) is 7.18. The summed E-state index contributed by atoms with van der Waals surface area (Å²) in [6.07, 6.45) is 5.19. The molecule has 2 aromatic rings. The van der Waals surface area contributed by atoms with Crippen LogP contribution in [0.2, 0.25) is 5.02 Å². The van der Waals surface area contributed by atoms with Gasteiger partial charge in [0.2, 0.25) is 0 Å². The zero-order valence-corrected chi connectivity index (χ0v) is 11.9. The average Bonchev–Trinajstić information content (AvgIpc) is 3.30. The SMILES string of the molecule is Cc1ccc(Cl)c2oc(CNC3CC3)c(C3CC3)c12. The van der Waals surface area contributed by atoms with Crippen LogP contribution >= 0.6 is 11.6 Å². The van der Waals surface area contributed by atoms with E-state index in [0.717, 1.165) is 22.9 Å². The lowest BCUT2D eigenvalue weighted by Gasteiger charge is -2.03. The molecule has 2 nitrogen and oxygen atoms in total. The standard InChI is InChI=1S/C16H18ClNO/c1-9-2-7-12(17)16-14(9)15(10-3-4-10)13(19-16)8-18-11-5-6-11/h2,7,10-11,18H,3-6,8H2,1H3. The van der Waals surface area contributed by atoms with Gasteiger partial charge in [-0.2, -0.15) is 0 Å². The third-order valence-corrected chi connectivity index (χ3v) is 4.52. The number of furan rings is 1. The van der Waals surface area contributed by atoms with Crippen molar-refractivity contribution in [2.75, 3.05) is 0 Å². The predicted molar refractivity (Wildman–Crippen MR) is 77.8 cm³/mol. The van der Waals surface area contributed by atoms with Crippen LogP contribution in [0.3, 0.4) is 0 Å². The normalized spacial score (nSPS) is 19.3. The Balaban J connectivity index is 1.83. The second-order valence-corrected chi connectivity index (χ2v) is 6.34. The van der Waals surface area contributed by atoms with Crippen molar-refractivity contribution < 1.29 is 4.42 Å². The van der Waals surface area contributed by atoms with Crippen molar-refractivity contribution in [1.82, 2.24) is 5.32 Å². The first-order chi connectivity index (χ1) is 9.24. The maximum Gasteiger partial charge on any atom is 0.153 e. The molecule has 0 bridgehead atoms. The van der Waals surface area contributed by atoms with Crippen molar-refractivity contribution in [3.05, 3.63) is 34.0 Å². The Kier molecular flexibility index (Phi) is 2.64. The third-order valence-electron chi connectivity index (χ3n) is 4.23. The summed E-state index contributed by atoms with van der Waals surface area (Å²) < 4.78 is 6.10. The van der Waals surface area contributed by atoms with Gasteiger partial charge in [0.25, 0.3) is 0 Å². The Morgan fingerprint density at radius 1 is 1.26 bits per heavy atom. The van der Waals surface area contributed by atoms with Gasteiger partial charge in [0.05, 0.1) is 11.6 Å². The number of halogens is 1. The Morgan fingerprint density at radius 3 is 2.74 bits per heavy atom. The quantitative estimate of drug-likeness (QED) is 0.887. The van der Waals surface area contributed by atoms with Crippen molar-refractivity contribution in [1.29, 1.82) is 0 Å². The van der Waals surface area contributed by atoms with Crippen LogP contribution in [0.1, 0.15) is 48.5 Å². The summed E-state index contributed by atoms with van der Waals surface area (Å²) in [5.41, 5.74) is 3.59. The van der Waals surface area contributed by atoms with Crippen LogP contribution in [0.25, 0.3) is 11.0 Å². The number of fused-ring (bicyclic) bond motifs is 1. The molecule has 1 N–H and O–H groups in total. The Morgan fingerprint density at radius 2 is 2.05 bits per heavy atom. The Labute approximate surface area is 118 Å². The molecule has 1 aromatic heterocycles. The fraction of sp³-hybridized carbons (Fsp3) is 0.500. The van der Waals surface area contributed by atoms with E-state index in [1.165, 1.54) is 42.2 Å². The fourth-order valence-corrected chi connectivity index (χ4v) is 3.06. The van der Waals surface area contributed by atoms with Crippen LogP contribution in [0, 0.1) is 6.92 Å². The van der Waals surface area contributed by atoms with Crippen LogP contribution in [-0.2, 0) is 6.54 Å². The minimum Gasteiger partial charge on any atom is -0.458 e. The van der Waals surface area contributed by atoms with E-state index >= 15 is 0 Å². The van der Waals surface area contributed by atoms with Gasteiger partial charge in [0.15, 0.2) is 5.58 Å². The highest BCUT2D eigenvalue weighted by molar-refractivity contribution is 6.35. The summed E-state index contributed by atoms with van der Waals surface area (Å²) in [7, 11) is 0. The van der Waals surface area contributed by atoms with Crippen molar-refractivity contribution in [3.8, 4) is 0 Å². The van der Waals surface area contributed by atoms with Crippen molar-refractivity contribution >= 4 is 22.6 Å². The lowest BCUT2D eigenvalue weighted by molar-refractivity contribution is 0.506. The number of rotatable bonds is 4. The number of hydrogen-bond acceptors (Lipinski definition) is 2. The minimum atomic E-state index is 0.689. The summed E-state index contributed by atoms with van der Waals surface area (Å²) in [6, 6.07) is 4.75. The molecular formula is C16H18ClNO. The van der Waals surface area contributed by atoms with Crippen LogP contribution in [0.4, 0.5) is 0 Å². The third kappa shape index (κ3) is 2.07. The molecule has 0 saturated heterocycles. The highest BCUT2D eigenvalue weighted by atomic mass is 35.5. The second-order valence-electron chi connectivity index (χ2n) is 5.94. The molecule has 100 valence electrons. The predicted octanol–water partition coefficient (Wildman–Crippen LogP) is 4.52. The topological polar surface area (TPSA) is 25.2 Å². The summed E-state index contributed by atoms with van der Waals surface area (Å²) in [5.74, 6) is 1.80. The zero-order valence-electron chi connectivity index (χ0n) is 11.1. The molecule has 0 spiro atoms. The molecule has 0 radical (unpaired) electrons. The van der Waals surface area contributed by atoms with Crippen molar-refractivity contribution in [3.63, 3.8) is 0 Å². The van der Waals surface area contributed by atoms with Crippen LogP contribution in [0.5, 0.6) is 0 Å². The minimum absolute atomic E-state index is 0.689. The van der Waals surface area contributed by atoms with E-state index in [4.69, 9.17) is 16.0 Å². The molecule has 0 aliphatic heterocycles. The Hall–Kier alpha value is -0.990. The second kappa shape index (κ2) is 4.26. The van der Waals surface area contributed by atoms with Crippen LogP contribution < -0.4 is 5.32 Å². The largest absolute Gasteiger partial charge is 0.458 e. The molecule has 1 aromatic carbocycles. The zero-order chi connectivity index (χ0) is 13.0. The monoisotopic (exact) mass is 275 g/mol. The van der Waals surface area contributed by atoms with E-state index < -0.39 is 0 Å². The summed E-state index contributed by atoms with van der Waals surface area (Å²) in [6.45, 7) is 3.00. The fourth-order valence-electron chi connectivity index (χ4n) is 2.87. The summed E-state index contributed by atoms with van der Waals surface area (Å²) in [4.78, 5) is 0. The molecule has 1 heterocycles. The molecule has 19 heavy (non-hydrogen) atoms. The van der Waals surface area contributed by atoms with Gasteiger partial charge < -0.3 is 9.73 Å². The maximum absolute atomic E-state index is 6.30. The molecule has 0 atom stereocenters. The van der Waals surface area contributed by atoms with E-state index in [1.807, 2.05) is 6.07 Å². The van der Waals surface area contributed by atoms with E-state index in [9.17, 15) is 0 Å². The number of hydrogen-bond donors (Lipinski definition) is 1. The van der Waals surface area contributed by atoms with E-state index in [-0.39, 0.29) is 0 Å². The first-order valence-corrected chi connectivity index (χ1v) is 7.55. The lowest BCUT2D eigenvalue weighted by atomic mass is 10.0. The lowest BCUT2D eigenvalue weighted by Crippen LogP contribution is -2.15. The van der Waals surface area contributed by atoms with Gasteiger partial charge in [0.1, 0.15) is 5.76 Å². The molecule has 2 aliphatic carbocycles. The number of nitrogens with one attached hydrogen (secondary N) is 1. The van der Waals surface area contributed by atoms with Crippen molar-refractivity contribution in [2.24, 2.45) is 0 Å². The smallest absolute Gasteiger partial charge is 0.153 e. The first kappa shape index (κ1) is 11.8. The summed E-state index contributed by atoms with van der Waals surface area (Å²) in [5, 5.41) is 5.56. The molecule has 4 rings (SSSR count). The van der Waals surface area contributed by atoms with Gasteiger partial charge in [-0.3, -0.25) is 0 Å². The molecule has 3 heteroatoms. The molecular weight excluding hydrogens is 258 g/mol. The molecule has 2 aliphatic rings. The van der Waals surface area contributed by atoms with Gasteiger partial charge >= 0.3 is 0 Å². The van der Waals surface area contributed by atoms with Crippen LogP contribution in [-0.4, -0.2) is 6.04 Å². The summed E-state index contributed by atoms with van der Waals surface area (Å²) >= 11 is 6.30.